The van der Waals surface area contributed by atoms with Crippen molar-refractivity contribution in [2.24, 2.45) is 5.41 Å². The van der Waals surface area contributed by atoms with E-state index in [1.807, 2.05) is 0 Å². The zero-order chi connectivity index (χ0) is 14.5. The predicted octanol–water partition coefficient (Wildman–Crippen LogP) is 4.57. The summed E-state index contributed by atoms with van der Waals surface area (Å²) in [4.78, 5) is 4.61. The minimum atomic E-state index is 0.387. The molecule has 108 valence electrons. The Morgan fingerprint density at radius 3 is 2.42 bits per heavy atom. The van der Waals surface area contributed by atoms with E-state index in [-0.39, 0.29) is 0 Å². The Balaban J connectivity index is 2.83. The van der Waals surface area contributed by atoms with Crippen molar-refractivity contribution in [1.82, 2.24) is 10.3 Å². The molecule has 2 nitrogen and oxygen atoms in total. The van der Waals surface area contributed by atoms with Crippen LogP contribution in [-0.2, 0) is 0 Å². The molecule has 1 rings (SSSR count). The summed E-state index contributed by atoms with van der Waals surface area (Å²) >= 11 is 0. The average Bonchev–Trinajstić information content (AvgIpc) is 2.29. The van der Waals surface area contributed by atoms with Gasteiger partial charge in [-0.05, 0) is 56.7 Å². The molecule has 0 saturated carbocycles. The number of hydrogen-bond donors (Lipinski definition) is 1. The lowest BCUT2D eigenvalue weighted by Crippen LogP contribution is -2.24. The molecule has 0 aliphatic carbocycles. The van der Waals surface area contributed by atoms with Crippen LogP contribution >= 0.6 is 0 Å². The summed E-state index contributed by atoms with van der Waals surface area (Å²) in [6.45, 7) is 14.4. The maximum atomic E-state index is 4.61. The Hall–Kier alpha value is -0.890. The number of nitrogens with one attached hydrogen (secondary N) is 1. The molecule has 0 aliphatic heterocycles. The van der Waals surface area contributed by atoms with Gasteiger partial charge in [0, 0.05) is 17.4 Å². The van der Waals surface area contributed by atoms with Crippen molar-refractivity contribution in [1.29, 1.82) is 0 Å². The van der Waals surface area contributed by atoms with Crippen molar-refractivity contribution in [3.05, 3.63) is 29.1 Å². The number of pyridine rings is 1. The van der Waals surface area contributed by atoms with Crippen LogP contribution in [0.15, 0.2) is 12.1 Å². The molecule has 1 heterocycles. The first-order valence-corrected chi connectivity index (χ1v) is 7.51. The summed E-state index contributed by atoms with van der Waals surface area (Å²) in [5.74, 6) is 0. The Bertz CT molecular complexity index is 391. The van der Waals surface area contributed by atoms with Gasteiger partial charge in [0.15, 0.2) is 0 Å². The van der Waals surface area contributed by atoms with Crippen LogP contribution in [0.25, 0.3) is 0 Å². The fraction of sp³-hybridized carbons (Fsp3) is 0.706. The summed E-state index contributed by atoms with van der Waals surface area (Å²) in [5, 5.41) is 3.68. The van der Waals surface area contributed by atoms with Crippen LogP contribution < -0.4 is 5.32 Å². The largest absolute Gasteiger partial charge is 0.310 e. The second kappa shape index (κ2) is 7.04. The van der Waals surface area contributed by atoms with Crippen LogP contribution in [0, 0.1) is 19.3 Å². The molecule has 1 atom stereocenters. The highest BCUT2D eigenvalue weighted by Crippen LogP contribution is 2.28. The lowest BCUT2D eigenvalue weighted by molar-refractivity contribution is 0.331. The molecule has 0 amide bonds. The summed E-state index contributed by atoms with van der Waals surface area (Å²) in [6, 6.07) is 4.81. The predicted molar refractivity (Wildman–Crippen MR) is 83.4 cm³/mol. The number of nitrogens with zero attached hydrogens (tertiary/aromatic N) is 1. The quantitative estimate of drug-likeness (QED) is 0.812. The zero-order valence-electron chi connectivity index (χ0n) is 13.5. The van der Waals surface area contributed by atoms with Crippen molar-refractivity contribution in [2.75, 3.05) is 6.54 Å². The minimum absolute atomic E-state index is 0.387. The monoisotopic (exact) mass is 262 g/mol. The molecule has 19 heavy (non-hydrogen) atoms. The van der Waals surface area contributed by atoms with E-state index in [0.29, 0.717) is 11.5 Å². The molecular weight excluding hydrogens is 232 g/mol. The summed E-state index contributed by atoms with van der Waals surface area (Å²) in [6.07, 6.45) is 3.57. The van der Waals surface area contributed by atoms with Gasteiger partial charge in [-0.2, -0.15) is 0 Å². The molecule has 0 fully saturated rings. The summed E-state index contributed by atoms with van der Waals surface area (Å²) < 4.78 is 0. The maximum absolute atomic E-state index is 4.61. The highest BCUT2D eigenvalue weighted by atomic mass is 14.9. The average molecular weight is 262 g/mol. The number of rotatable bonds is 6. The molecule has 0 radical (unpaired) electrons. The van der Waals surface area contributed by atoms with Gasteiger partial charge in [-0.25, -0.2) is 0 Å². The molecular formula is C17H30N2. The molecule has 0 aliphatic rings. The third kappa shape index (κ3) is 5.73. The Kier molecular flexibility index (Phi) is 5.99. The van der Waals surface area contributed by atoms with Crippen molar-refractivity contribution < 1.29 is 0 Å². The molecule has 0 saturated heterocycles. The van der Waals surface area contributed by atoms with E-state index in [0.717, 1.165) is 12.2 Å². The van der Waals surface area contributed by atoms with Crippen molar-refractivity contribution in [2.45, 2.75) is 66.8 Å². The summed E-state index contributed by atoms with van der Waals surface area (Å²) in [7, 11) is 0. The van der Waals surface area contributed by atoms with Crippen molar-refractivity contribution >= 4 is 0 Å². The zero-order valence-corrected chi connectivity index (χ0v) is 13.5. The third-order valence-corrected chi connectivity index (χ3v) is 3.47. The van der Waals surface area contributed by atoms with E-state index in [4.69, 9.17) is 0 Å². The molecule has 1 unspecified atom stereocenters. The van der Waals surface area contributed by atoms with E-state index in [2.05, 4.69) is 64.0 Å². The lowest BCUT2D eigenvalue weighted by atomic mass is 9.87. The number of aryl methyl sites for hydroxylation is 2. The van der Waals surface area contributed by atoms with Crippen LogP contribution in [0.1, 0.15) is 70.0 Å². The Morgan fingerprint density at radius 2 is 1.89 bits per heavy atom. The standard InChI is InChI=1S/C17H30N2/c1-7-12-18-16(10-11-17(4,5)6)15-9-8-13(2)19-14(15)3/h8-9,16,18H,7,10-12H2,1-6H3. The van der Waals surface area contributed by atoms with Crippen molar-refractivity contribution in [3.8, 4) is 0 Å². The molecule has 1 N–H and O–H groups in total. The first kappa shape index (κ1) is 16.2. The van der Waals surface area contributed by atoms with E-state index in [1.165, 1.54) is 30.5 Å². The first-order chi connectivity index (χ1) is 8.83. The van der Waals surface area contributed by atoms with E-state index < -0.39 is 0 Å². The van der Waals surface area contributed by atoms with Gasteiger partial charge in [0.05, 0.1) is 0 Å². The molecule has 2 heteroatoms. The molecule has 0 bridgehead atoms. The lowest BCUT2D eigenvalue weighted by Gasteiger charge is -2.25. The van der Waals surface area contributed by atoms with Crippen LogP contribution in [0.3, 0.4) is 0 Å². The van der Waals surface area contributed by atoms with Crippen LogP contribution in [-0.4, -0.2) is 11.5 Å². The Morgan fingerprint density at radius 1 is 1.21 bits per heavy atom. The topological polar surface area (TPSA) is 24.9 Å². The van der Waals surface area contributed by atoms with E-state index in [1.54, 1.807) is 0 Å². The fourth-order valence-corrected chi connectivity index (χ4v) is 2.33. The van der Waals surface area contributed by atoms with Gasteiger partial charge in [0.2, 0.25) is 0 Å². The fourth-order valence-electron chi connectivity index (χ4n) is 2.33. The van der Waals surface area contributed by atoms with E-state index >= 15 is 0 Å². The highest BCUT2D eigenvalue weighted by molar-refractivity contribution is 5.25. The van der Waals surface area contributed by atoms with Gasteiger partial charge in [-0.1, -0.05) is 33.8 Å². The van der Waals surface area contributed by atoms with Crippen LogP contribution in [0.5, 0.6) is 0 Å². The van der Waals surface area contributed by atoms with Gasteiger partial charge in [-0.15, -0.1) is 0 Å². The SMILES string of the molecule is CCCNC(CCC(C)(C)C)c1ccc(C)nc1C. The van der Waals surface area contributed by atoms with Crippen LogP contribution in [0.4, 0.5) is 0 Å². The maximum Gasteiger partial charge on any atom is 0.0423 e. The van der Waals surface area contributed by atoms with Gasteiger partial charge in [-0.3, -0.25) is 4.98 Å². The normalized spacial score (nSPS) is 13.6. The smallest absolute Gasteiger partial charge is 0.0423 e. The van der Waals surface area contributed by atoms with Gasteiger partial charge >= 0.3 is 0 Å². The summed E-state index contributed by atoms with van der Waals surface area (Å²) in [5.41, 5.74) is 4.02. The second-order valence-corrected chi connectivity index (χ2v) is 6.73. The van der Waals surface area contributed by atoms with Crippen LogP contribution in [0.2, 0.25) is 0 Å². The molecule has 0 spiro atoms. The molecule has 1 aromatic heterocycles. The van der Waals surface area contributed by atoms with E-state index in [9.17, 15) is 0 Å². The third-order valence-electron chi connectivity index (χ3n) is 3.47. The molecule has 0 aromatic carbocycles. The molecule has 1 aromatic rings. The van der Waals surface area contributed by atoms with Gasteiger partial charge in [0.1, 0.15) is 0 Å². The minimum Gasteiger partial charge on any atom is -0.310 e. The number of hydrogen-bond acceptors (Lipinski definition) is 2. The Labute approximate surface area is 119 Å². The van der Waals surface area contributed by atoms with Gasteiger partial charge < -0.3 is 5.32 Å². The second-order valence-electron chi connectivity index (χ2n) is 6.73. The highest BCUT2D eigenvalue weighted by Gasteiger charge is 2.18. The first-order valence-electron chi connectivity index (χ1n) is 7.51. The number of aromatic nitrogens is 1. The van der Waals surface area contributed by atoms with Gasteiger partial charge in [0.25, 0.3) is 0 Å². The van der Waals surface area contributed by atoms with Crippen molar-refractivity contribution in [3.63, 3.8) is 0 Å².